The Balaban J connectivity index is 1.69. The van der Waals surface area contributed by atoms with Gasteiger partial charge in [-0.3, -0.25) is 9.59 Å². The summed E-state index contributed by atoms with van der Waals surface area (Å²) in [7, 11) is 0. The highest BCUT2D eigenvalue weighted by molar-refractivity contribution is 5.92. The fraction of sp³-hybridized carbons (Fsp3) is 0.529. The van der Waals surface area contributed by atoms with Gasteiger partial charge in [0.25, 0.3) is 0 Å². The highest BCUT2D eigenvalue weighted by atomic mass is 16.2. The molecule has 1 aromatic carbocycles. The molecule has 0 radical (unpaired) electrons. The summed E-state index contributed by atoms with van der Waals surface area (Å²) < 4.78 is 0. The lowest BCUT2D eigenvalue weighted by atomic mass is 9.77. The molecule has 0 spiro atoms. The SMILES string of the molecule is C[C@H](c1ccccc1)N1CC(C(=O)C2CCC2)CC1=O. The third-order valence-electron chi connectivity index (χ3n) is 4.82. The molecule has 1 aliphatic carbocycles. The summed E-state index contributed by atoms with van der Waals surface area (Å²) in [5, 5.41) is 0. The second-order valence-corrected chi connectivity index (χ2v) is 6.06. The van der Waals surface area contributed by atoms with Gasteiger partial charge in [0.1, 0.15) is 5.78 Å². The van der Waals surface area contributed by atoms with Crippen LogP contribution in [0.3, 0.4) is 0 Å². The van der Waals surface area contributed by atoms with Gasteiger partial charge in [-0.1, -0.05) is 36.8 Å². The monoisotopic (exact) mass is 271 g/mol. The molecule has 1 saturated carbocycles. The average molecular weight is 271 g/mol. The third-order valence-corrected chi connectivity index (χ3v) is 4.82. The van der Waals surface area contributed by atoms with Crippen LogP contribution in [0.1, 0.15) is 44.2 Å². The zero-order valence-corrected chi connectivity index (χ0v) is 11.9. The lowest BCUT2D eigenvalue weighted by Crippen LogP contribution is -2.32. The number of carbonyl (C=O) groups is 2. The lowest BCUT2D eigenvalue weighted by molar-refractivity contribution is -0.131. The molecule has 3 heteroatoms. The molecule has 0 aromatic heterocycles. The predicted octanol–water partition coefficient (Wildman–Crippen LogP) is 2.97. The first-order valence-corrected chi connectivity index (χ1v) is 7.55. The zero-order chi connectivity index (χ0) is 14.1. The second kappa shape index (κ2) is 5.39. The van der Waals surface area contributed by atoms with Gasteiger partial charge in [-0.2, -0.15) is 0 Å². The van der Waals surface area contributed by atoms with E-state index >= 15 is 0 Å². The van der Waals surface area contributed by atoms with Gasteiger partial charge in [0.15, 0.2) is 0 Å². The summed E-state index contributed by atoms with van der Waals surface area (Å²) in [6.07, 6.45) is 3.63. The van der Waals surface area contributed by atoms with Gasteiger partial charge >= 0.3 is 0 Å². The molecule has 20 heavy (non-hydrogen) atoms. The van der Waals surface area contributed by atoms with E-state index < -0.39 is 0 Å². The molecule has 1 saturated heterocycles. The van der Waals surface area contributed by atoms with E-state index in [1.807, 2.05) is 42.2 Å². The molecule has 2 fully saturated rings. The van der Waals surface area contributed by atoms with Crippen molar-refractivity contribution in [3.05, 3.63) is 35.9 Å². The predicted molar refractivity (Wildman–Crippen MR) is 77.0 cm³/mol. The van der Waals surface area contributed by atoms with Crippen molar-refractivity contribution in [2.75, 3.05) is 6.54 Å². The Bertz CT molecular complexity index is 507. The summed E-state index contributed by atoms with van der Waals surface area (Å²) >= 11 is 0. The van der Waals surface area contributed by atoms with Gasteiger partial charge in [-0.05, 0) is 25.3 Å². The molecule has 2 atom stereocenters. The lowest BCUT2D eigenvalue weighted by Gasteiger charge is -2.28. The molecule has 3 rings (SSSR count). The van der Waals surface area contributed by atoms with Crippen LogP contribution in [0, 0.1) is 11.8 Å². The molecule has 1 heterocycles. The van der Waals surface area contributed by atoms with E-state index in [1.165, 1.54) is 6.42 Å². The van der Waals surface area contributed by atoms with E-state index in [4.69, 9.17) is 0 Å². The topological polar surface area (TPSA) is 37.4 Å². The van der Waals surface area contributed by atoms with Crippen molar-refractivity contribution in [3.63, 3.8) is 0 Å². The maximum absolute atomic E-state index is 12.3. The second-order valence-electron chi connectivity index (χ2n) is 6.06. The quantitative estimate of drug-likeness (QED) is 0.844. The first-order valence-electron chi connectivity index (χ1n) is 7.55. The first kappa shape index (κ1) is 13.3. The Hall–Kier alpha value is -1.64. The number of hydrogen-bond acceptors (Lipinski definition) is 2. The number of carbonyl (C=O) groups excluding carboxylic acids is 2. The Morgan fingerprint density at radius 1 is 1.20 bits per heavy atom. The zero-order valence-electron chi connectivity index (χ0n) is 11.9. The largest absolute Gasteiger partial charge is 0.335 e. The number of Topliss-reactive ketones (excluding diaryl/α,β-unsaturated/α-hetero) is 1. The van der Waals surface area contributed by atoms with Crippen LogP contribution in [0.25, 0.3) is 0 Å². The van der Waals surface area contributed by atoms with E-state index in [-0.39, 0.29) is 23.8 Å². The molecular formula is C17H21NO2. The number of rotatable bonds is 4. The Kier molecular flexibility index (Phi) is 3.60. The summed E-state index contributed by atoms with van der Waals surface area (Å²) in [6, 6.07) is 10.1. The maximum Gasteiger partial charge on any atom is 0.223 e. The molecule has 0 N–H and O–H groups in total. The van der Waals surface area contributed by atoms with Crippen LogP contribution in [-0.2, 0) is 9.59 Å². The van der Waals surface area contributed by atoms with Crippen LogP contribution in [0.15, 0.2) is 30.3 Å². The van der Waals surface area contributed by atoms with Crippen LogP contribution >= 0.6 is 0 Å². The number of ketones is 1. The summed E-state index contributed by atoms with van der Waals surface area (Å²) in [5.41, 5.74) is 1.14. The van der Waals surface area contributed by atoms with E-state index in [0.29, 0.717) is 18.7 Å². The van der Waals surface area contributed by atoms with Gasteiger partial charge in [0.05, 0.1) is 6.04 Å². The molecular weight excluding hydrogens is 250 g/mol. The number of likely N-dealkylation sites (tertiary alicyclic amines) is 1. The van der Waals surface area contributed by atoms with Crippen molar-refractivity contribution in [2.24, 2.45) is 11.8 Å². The minimum absolute atomic E-state index is 0.0582. The van der Waals surface area contributed by atoms with Crippen LogP contribution in [0.4, 0.5) is 0 Å². The molecule has 1 unspecified atom stereocenters. The fourth-order valence-electron chi connectivity index (χ4n) is 3.23. The highest BCUT2D eigenvalue weighted by Crippen LogP contribution is 2.35. The standard InChI is InChI=1S/C17H21NO2/c1-12(13-6-3-2-4-7-13)18-11-15(10-16(18)19)17(20)14-8-5-9-14/h2-4,6-7,12,14-15H,5,8-11H2,1H3/t12-,15?/m1/s1. The number of amides is 1. The Labute approximate surface area is 120 Å². The molecule has 1 aromatic rings. The first-order chi connectivity index (χ1) is 9.66. The summed E-state index contributed by atoms with van der Waals surface area (Å²) in [4.78, 5) is 26.4. The Morgan fingerprint density at radius 2 is 1.90 bits per heavy atom. The summed E-state index contributed by atoms with van der Waals surface area (Å²) in [5.74, 6) is 0.616. The number of benzene rings is 1. The molecule has 1 amide bonds. The molecule has 106 valence electrons. The minimum Gasteiger partial charge on any atom is -0.335 e. The molecule has 2 aliphatic rings. The van der Waals surface area contributed by atoms with Crippen LogP contribution in [-0.4, -0.2) is 23.1 Å². The van der Waals surface area contributed by atoms with E-state index in [2.05, 4.69) is 0 Å². The number of nitrogens with zero attached hydrogens (tertiary/aromatic N) is 1. The van der Waals surface area contributed by atoms with Gasteiger partial charge < -0.3 is 4.90 Å². The van der Waals surface area contributed by atoms with Crippen molar-refractivity contribution >= 4 is 11.7 Å². The normalized spacial score (nSPS) is 24.6. The van der Waals surface area contributed by atoms with Gasteiger partial charge in [-0.15, -0.1) is 0 Å². The van der Waals surface area contributed by atoms with E-state index in [0.717, 1.165) is 18.4 Å². The van der Waals surface area contributed by atoms with Crippen molar-refractivity contribution in [1.82, 2.24) is 4.90 Å². The van der Waals surface area contributed by atoms with Crippen molar-refractivity contribution in [1.29, 1.82) is 0 Å². The highest BCUT2D eigenvalue weighted by Gasteiger charge is 2.40. The Morgan fingerprint density at radius 3 is 2.50 bits per heavy atom. The minimum atomic E-state index is -0.0704. The van der Waals surface area contributed by atoms with Gasteiger partial charge in [-0.25, -0.2) is 0 Å². The van der Waals surface area contributed by atoms with Crippen LogP contribution < -0.4 is 0 Å². The average Bonchev–Trinajstić information content (AvgIpc) is 2.79. The molecule has 0 bridgehead atoms. The van der Waals surface area contributed by atoms with Gasteiger partial charge in [0, 0.05) is 24.8 Å². The number of hydrogen-bond donors (Lipinski definition) is 0. The van der Waals surface area contributed by atoms with Crippen molar-refractivity contribution in [3.8, 4) is 0 Å². The van der Waals surface area contributed by atoms with Crippen molar-refractivity contribution < 1.29 is 9.59 Å². The maximum atomic E-state index is 12.3. The van der Waals surface area contributed by atoms with E-state index in [9.17, 15) is 9.59 Å². The van der Waals surface area contributed by atoms with Gasteiger partial charge in [0.2, 0.25) is 5.91 Å². The van der Waals surface area contributed by atoms with Crippen molar-refractivity contribution in [2.45, 2.75) is 38.6 Å². The van der Waals surface area contributed by atoms with Crippen LogP contribution in [0.2, 0.25) is 0 Å². The third kappa shape index (κ3) is 2.37. The smallest absolute Gasteiger partial charge is 0.223 e. The molecule has 1 aliphatic heterocycles. The van der Waals surface area contributed by atoms with E-state index in [1.54, 1.807) is 0 Å². The van der Waals surface area contributed by atoms with Crippen LogP contribution in [0.5, 0.6) is 0 Å². The molecule has 3 nitrogen and oxygen atoms in total. The summed E-state index contributed by atoms with van der Waals surface area (Å²) in [6.45, 7) is 2.65. The fourth-order valence-corrected chi connectivity index (χ4v) is 3.23.